The SMILES string of the molecule is CCCCCCCCC(CCCCCCCC)(C(=O)O)C(C)OC(=O)NC(C)C1(c2nnc3c(Cl)c(C)[nH]n23)CCCCC1. The summed E-state index contributed by atoms with van der Waals surface area (Å²) in [6.07, 6.45) is 17.5. The van der Waals surface area contributed by atoms with Crippen LogP contribution in [0.25, 0.3) is 5.65 Å². The third-order valence-electron chi connectivity index (χ3n) is 10.3. The van der Waals surface area contributed by atoms with Crippen LogP contribution in [0, 0.1) is 12.3 Å². The molecule has 2 atom stereocenters. The summed E-state index contributed by atoms with van der Waals surface area (Å²) in [6, 6.07) is -0.311. The van der Waals surface area contributed by atoms with E-state index in [9.17, 15) is 14.7 Å². The van der Waals surface area contributed by atoms with Crippen LogP contribution in [-0.2, 0) is 14.9 Å². The molecule has 1 aliphatic carbocycles. The normalized spacial score (nSPS) is 16.6. The predicted octanol–water partition coefficient (Wildman–Crippen LogP) is 9.30. The van der Waals surface area contributed by atoms with Crippen molar-refractivity contribution in [1.29, 1.82) is 0 Å². The van der Waals surface area contributed by atoms with Crippen molar-refractivity contribution in [2.45, 2.75) is 174 Å². The van der Waals surface area contributed by atoms with Gasteiger partial charge in [-0.2, -0.15) is 0 Å². The third kappa shape index (κ3) is 8.70. The highest BCUT2D eigenvalue weighted by Crippen LogP contribution is 2.43. The molecule has 1 fully saturated rings. The van der Waals surface area contributed by atoms with E-state index in [1.165, 1.54) is 38.5 Å². The molecule has 1 aliphatic rings. The molecule has 0 bridgehead atoms. The van der Waals surface area contributed by atoms with E-state index >= 15 is 0 Å². The number of fused-ring (bicyclic) bond motifs is 1. The van der Waals surface area contributed by atoms with E-state index in [1.54, 1.807) is 6.92 Å². The number of aryl methyl sites for hydroxylation is 1. The number of nitrogens with one attached hydrogen (secondary N) is 2. The molecule has 0 spiro atoms. The summed E-state index contributed by atoms with van der Waals surface area (Å²) in [6.45, 7) is 10.1. The van der Waals surface area contributed by atoms with Gasteiger partial charge in [-0.25, -0.2) is 9.31 Å². The van der Waals surface area contributed by atoms with Gasteiger partial charge in [0.05, 0.1) is 11.1 Å². The molecule has 0 saturated heterocycles. The van der Waals surface area contributed by atoms with Crippen molar-refractivity contribution in [3.05, 3.63) is 16.5 Å². The minimum atomic E-state index is -1.10. The number of amides is 1. The zero-order valence-electron chi connectivity index (χ0n) is 28.0. The van der Waals surface area contributed by atoms with Gasteiger partial charge in [0, 0.05) is 6.04 Å². The van der Waals surface area contributed by atoms with Gasteiger partial charge in [-0.15, -0.1) is 10.2 Å². The zero-order chi connectivity index (χ0) is 32.2. The van der Waals surface area contributed by atoms with Crippen LogP contribution in [0.15, 0.2) is 0 Å². The molecular formula is C34H58ClN5O4. The Hall–Kier alpha value is -2.29. The molecule has 2 unspecified atom stereocenters. The first-order chi connectivity index (χ1) is 21.1. The van der Waals surface area contributed by atoms with Crippen molar-refractivity contribution < 1.29 is 19.4 Å². The molecule has 2 aromatic heterocycles. The molecule has 3 N–H and O–H groups in total. The minimum absolute atomic E-state index is 0.311. The highest BCUT2D eigenvalue weighted by molar-refractivity contribution is 6.34. The molecule has 1 saturated carbocycles. The Morgan fingerprint density at radius 2 is 1.50 bits per heavy atom. The number of carbonyl (C=O) groups excluding carboxylic acids is 1. The van der Waals surface area contributed by atoms with Gasteiger partial charge in [-0.05, 0) is 46.5 Å². The number of ether oxygens (including phenoxy) is 1. The number of aliphatic carboxylic acids is 1. The highest BCUT2D eigenvalue weighted by atomic mass is 35.5. The van der Waals surface area contributed by atoms with Crippen LogP contribution in [-0.4, -0.2) is 49.1 Å². The summed E-state index contributed by atoms with van der Waals surface area (Å²) < 4.78 is 7.85. The molecule has 0 aromatic carbocycles. The second-order valence-corrected chi connectivity index (χ2v) is 13.7. The van der Waals surface area contributed by atoms with Gasteiger partial charge in [-0.3, -0.25) is 9.89 Å². The molecule has 1 amide bonds. The molecule has 0 aliphatic heterocycles. The van der Waals surface area contributed by atoms with Crippen LogP contribution in [0.3, 0.4) is 0 Å². The van der Waals surface area contributed by atoms with Crippen molar-refractivity contribution in [2.24, 2.45) is 5.41 Å². The lowest BCUT2D eigenvalue weighted by Crippen LogP contribution is -2.52. The molecule has 2 aromatic rings. The van der Waals surface area contributed by atoms with E-state index in [-0.39, 0.29) is 6.04 Å². The highest BCUT2D eigenvalue weighted by Gasteiger charge is 2.47. The molecule has 2 heterocycles. The van der Waals surface area contributed by atoms with E-state index in [4.69, 9.17) is 16.3 Å². The number of aromatic nitrogens is 4. The molecular weight excluding hydrogens is 578 g/mol. The van der Waals surface area contributed by atoms with E-state index in [2.05, 4.69) is 34.5 Å². The lowest BCUT2D eigenvalue weighted by molar-refractivity contribution is -0.157. The second-order valence-electron chi connectivity index (χ2n) is 13.4. The van der Waals surface area contributed by atoms with Gasteiger partial charge < -0.3 is 15.2 Å². The number of halogens is 1. The monoisotopic (exact) mass is 635 g/mol. The predicted molar refractivity (Wildman–Crippen MR) is 176 cm³/mol. The fourth-order valence-electron chi connectivity index (χ4n) is 7.26. The van der Waals surface area contributed by atoms with Crippen molar-refractivity contribution in [2.75, 3.05) is 0 Å². The Balaban J connectivity index is 1.74. The number of aromatic amines is 1. The molecule has 9 nitrogen and oxygen atoms in total. The second kappa shape index (κ2) is 17.4. The Morgan fingerprint density at radius 1 is 0.955 bits per heavy atom. The van der Waals surface area contributed by atoms with Crippen LogP contribution < -0.4 is 5.32 Å². The summed E-state index contributed by atoms with van der Waals surface area (Å²) in [5.74, 6) is -0.101. The average molecular weight is 636 g/mol. The quantitative estimate of drug-likeness (QED) is 0.125. The zero-order valence-corrected chi connectivity index (χ0v) is 28.7. The molecule has 250 valence electrons. The van der Waals surface area contributed by atoms with Crippen LogP contribution in [0.2, 0.25) is 5.02 Å². The fraction of sp³-hybridized carbons (Fsp3) is 0.824. The summed E-state index contributed by atoms with van der Waals surface area (Å²) in [5.41, 5.74) is -0.154. The summed E-state index contributed by atoms with van der Waals surface area (Å²) in [7, 11) is 0. The van der Waals surface area contributed by atoms with Gasteiger partial charge in [0.1, 0.15) is 16.5 Å². The lowest BCUT2D eigenvalue weighted by atomic mass is 9.69. The van der Waals surface area contributed by atoms with E-state index in [0.717, 1.165) is 82.1 Å². The van der Waals surface area contributed by atoms with Crippen LogP contribution in [0.5, 0.6) is 0 Å². The number of carbonyl (C=O) groups is 2. The van der Waals surface area contributed by atoms with E-state index in [1.807, 2.05) is 18.4 Å². The first kappa shape index (κ1) is 36.2. The molecule has 3 rings (SSSR count). The number of nitrogens with zero attached hydrogens (tertiary/aromatic N) is 3. The summed E-state index contributed by atoms with van der Waals surface area (Å²) in [5, 5.41) is 26.5. The number of H-pyrrole nitrogens is 1. The smallest absolute Gasteiger partial charge is 0.407 e. The van der Waals surface area contributed by atoms with Crippen LogP contribution >= 0.6 is 11.6 Å². The maximum Gasteiger partial charge on any atom is 0.407 e. The number of rotatable bonds is 20. The largest absolute Gasteiger partial charge is 0.481 e. The maximum atomic E-state index is 13.5. The van der Waals surface area contributed by atoms with Gasteiger partial charge in [0.15, 0.2) is 11.5 Å². The fourth-order valence-corrected chi connectivity index (χ4v) is 7.42. The number of carboxylic acid groups (broad SMARTS) is 1. The van der Waals surface area contributed by atoms with Gasteiger partial charge in [-0.1, -0.05) is 122 Å². The Kier molecular flexibility index (Phi) is 14.3. The minimum Gasteiger partial charge on any atom is -0.481 e. The van der Waals surface area contributed by atoms with Crippen LogP contribution in [0.4, 0.5) is 4.79 Å². The van der Waals surface area contributed by atoms with Gasteiger partial charge in [0.2, 0.25) is 0 Å². The molecule has 0 radical (unpaired) electrons. The maximum absolute atomic E-state index is 13.5. The third-order valence-corrected chi connectivity index (χ3v) is 10.7. The Morgan fingerprint density at radius 3 is 2.05 bits per heavy atom. The Labute approximate surface area is 269 Å². The van der Waals surface area contributed by atoms with Gasteiger partial charge in [0.25, 0.3) is 0 Å². The molecule has 10 heteroatoms. The number of unbranched alkanes of at least 4 members (excludes halogenated alkanes) is 10. The Bertz CT molecular complexity index is 1160. The summed E-state index contributed by atoms with van der Waals surface area (Å²) in [4.78, 5) is 26.5. The summed E-state index contributed by atoms with van der Waals surface area (Å²) >= 11 is 6.47. The lowest BCUT2D eigenvalue weighted by Gasteiger charge is -2.41. The van der Waals surface area contributed by atoms with Crippen molar-refractivity contribution in [3.8, 4) is 0 Å². The average Bonchev–Trinajstić information content (AvgIpc) is 3.54. The first-order valence-electron chi connectivity index (χ1n) is 17.4. The molecule has 44 heavy (non-hydrogen) atoms. The standard InChI is InChI=1S/C34H58ClN5O4/c1-6-8-10-12-14-17-23-34(31(41)42,24-18-15-13-11-9-7-2)27(5)44-32(43)36-26(4)33(21-19-16-20-22-33)30-38-37-29-28(35)25(3)39-40(29)30/h26-27,39H,6-24H2,1-5H3,(H,36,43)(H,41,42). The topological polar surface area (TPSA) is 122 Å². The number of alkyl carbamates (subject to hydrolysis) is 1. The van der Waals surface area contributed by atoms with Crippen molar-refractivity contribution >= 4 is 29.3 Å². The van der Waals surface area contributed by atoms with E-state index < -0.39 is 29.0 Å². The number of hydrogen-bond acceptors (Lipinski definition) is 5. The van der Waals surface area contributed by atoms with Crippen molar-refractivity contribution in [3.63, 3.8) is 0 Å². The van der Waals surface area contributed by atoms with Crippen LogP contribution in [0.1, 0.15) is 161 Å². The van der Waals surface area contributed by atoms with E-state index in [0.29, 0.717) is 23.5 Å². The van der Waals surface area contributed by atoms with Gasteiger partial charge >= 0.3 is 12.1 Å². The van der Waals surface area contributed by atoms with Crippen molar-refractivity contribution in [1.82, 2.24) is 25.1 Å². The first-order valence-corrected chi connectivity index (χ1v) is 17.8. The number of hydrogen-bond donors (Lipinski definition) is 3. The number of carboxylic acids is 1.